The van der Waals surface area contributed by atoms with Crippen molar-refractivity contribution in [3.63, 3.8) is 0 Å². The van der Waals surface area contributed by atoms with Crippen molar-refractivity contribution in [2.75, 3.05) is 6.61 Å². The molecule has 0 heterocycles. The van der Waals surface area contributed by atoms with Gasteiger partial charge in [-0.15, -0.1) is 0 Å². The first kappa shape index (κ1) is 14.6. The third kappa shape index (κ3) is 3.18. The van der Waals surface area contributed by atoms with Crippen LogP contribution in [-0.4, -0.2) is 24.5 Å². The number of fused-ring (bicyclic) bond motifs is 1. The van der Waals surface area contributed by atoms with Crippen molar-refractivity contribution in [2.24, 2.45) is 0 Å². The minimum Gasteiger partial charge on any atom is -0.479 e. The van der Waals surface area contributed by atoms with Gasteiger partial charge in [0.1, 0.15) is 5.75 Å². The largest absolute Gasteiger partial charge is 0.479 e. The Bertz CT molecular complexity index is 507. The fourth-order valence-electron chi connectivity index (χ4n) is 2.38. The van der Waals surface area contributed by atoms with Crippen molar-refractivity contribution in [1.82, 2.24) is 0 Å². The SMILES string of the molecule is CCOC(=O)C(CC)Oc1ccc2c(c1)C(=O)CCC2. The summed E-state index contributed by atoms with van der Waals surface area (Å²) in [5.41, 5.74) is 1.80. The Labute approximate surface area is 119 Å². The quantitative estimate of drug-likeness (QED) is 0.776. The molecule has 4 heteroatoms. The van der Waals surface area contributed by atoms with Gasteiger partial charge in [-0.25, -0.2) is 4.79 Å². The molecule has 0 aliphatic heterocycles. The van der Waals surface area contributed by atoms with Gasteiger partial charge >= 0.3 is 5.97 Å². The molecule has 1 aromatic carbocycles. The number of carbonyl (C=O) groups excluding carboxylic acids is 2. The predicted molar refractivity (Wildman–Crippen MR) is 75.1 cm³/mol. The van der Waals surface area contributed by atoms with Crippen LogP contribution in [0.2, 0.25) is 0 Å². The lowest BCUT2D eigenvalue weighted by Gasteiger charge is -2.19. The molecule has 1 atom stereocenters. The van der Waals surface area contributed by atoms with Gasteiger partial charge in [0.15, 0.2) is 11.9 Å². The Kier molecular flexibility index (Phi) is 4.77. The van der Waals surface area contributed by atoms with Crippen LogP contribution in [-0.2, 0) is 16.0 Å². The summed E-state index contributed by atoms with van der Waals surface area (Å²) >= 11 is 0. The molecule has 1 aliphatic rings. The Morgan fingerprint density at radius 1 is 1.30 bits per heavy atom. The summed E-state index contributed by atoms with van der Waals surface area (Å²) in [6.45, 7) is 3.97. The van der Waals surface area contributed by atoms with Crippen LogP contribution in [0.4, 0.5) is 0 Å². The number of benzene rings is 1. The number of hydrogen-bond acceptors (Lipinski definition) is 4. The Morgan fingerprint density at radius 3 is 2.80 bits per heavy atom. The predicted octanol–water partition coefficient (Wildman–Crippen LogP) is 2.93. The molecule has 108 valence electrons. The fraction of sp³-hybridized carbons (Fsp3) is 0.500. The molecule has 1 aromatic rings. The van der Waals surface area contributed by atoms with Gasteiger partial charge in [-0.3, -0.25) is 4.79 Å². The standard InChI is InChI=1S/C16H20O4/c1-3-15(16(18)19-4-2)20-12-9-8-11-6-5-7-14(17)13(11)10-12/h8-10,15H,3-7H2,1-2H3. The molecule has 0 saturated carbocycles. The van der Waals surface area contributed by atoms with Crippen LogP contribution in [0.5, 0.6) is 5.75 Å². The lowest BCUT2D eigenvalue weighted by Crippen LogP contribution is -2.28. The maximum Gasteiger partial charge on any atom is 0.347 e. The first-order chi connectivity index (χ1) is 9.65. The average Bonchev–Trinajstić information content (AvgIpc) is 2.45. The minimum absolute atomic E-state index is 0.154. The van der Waals surface area contributed by atoms with Crippen LogP contribution in [0.15, 0.2) is 18.2 Å². The van der Waals surface area contributed by atoms with E-state index in [9.17, 15) is 9.59 Å². The van der Waals surface area contributed by atoms with Gasteiger partial charge in [0.25, 0.3) is 0 Å². The first-order valence-corrected chi connectivity index (χ1v) is 7.15. The molecule has 0 aromatic heterocycles. The van der Waals surface area contributed by atoms with Gasteiger partial charge in [0.05, 0.1) is 6.61 Å². The molecule has 1 unspecified atom stereocenters. The second kappa shape index (κ2) is 6.55. The van der Waals surface area contributed by atoms with Gasteiger partial charge in [-0.05, 0) is 43.9 Å². The fourth-order valence-corrected chi connectivity index (χ4v) is 2.38. The number of carbonyl (C=O) groups is 2. The van der Waals surface area contributed by atoms with E-state index in [1.165, 1.54) is 0 Å². The molecule has 2 rings (SSSR count). The second-order valence-corrected chi connectivity index (χ2v) is 4.86. The van der Waals surface area contributed by atoms with E-state index in [0.29, 0.717) is 25.2 Å². The normalized spacial score (nSPS) is 15.4. The topological polar surface area (TPSA) is 52.6 Å². The highest BCUT2D eigenvalue weighted by Crippen LogP contribution is 2.26. The molecule has 0 bridgehead atoms. The number of ether oxygens (including phenoxy) is 2. The van der Waals surface area contributed by atoms with Crippen molar-refractivity contribution in [1.29, 1.82) is 0 Å². The van der Waals surface area contributed by atoms with E-state index in [1.54, 1.807) is 13.0 Å². The lowest BCUT2D eigenvalue weighted by molar-refractivity contribution is -0.151. The van der Waals surface area contributed by atoms with E-state index in [-0.39, 0.29) is 11.8 Å². The van der Waals surface area contributed by atoms with Gasteiger partial charge < -0.3 is 9.47 Å². The molecule has 1 aliphatic carbocycles. The van der Waals surface area contributed by atoms with Crippen molar-refractivity contribution >= 4 is 11.8 Å². The summed E-state index contributed by atoms with van der Waals surface area (Å²) in [5.74, 6) is 0.346. The number of ketones is 1. The summed E-state index contributed by atoms with van der Waals surface area (Å²) in [6.07, 6.45) is 2.34. The third-order valence-electron chi connectivity index (χ3n) is 3.43. The van der Waals surface area contributed by atoms with Crippen LogP contribution in [0.25, 0.3) is 0 Å². The summed E-state index contributed by atoms with van der Waals surface area (Å²) in [4.78, 5) is 23.6. The zero-order valence-electron chi connectivity index (χ0n) is 12.0. The zero-order chi connectivity index (χ0) is 14.5. The van der Waals surface area contributed by atoms with Gasteiger partial charge in [0.2, 0.25) is 0 Å². The Hall–Kier alpha value is -1.84. The van der Waals surface area contributed by atoms with E-state index in [1.807, 2.05) is 19.1 Å². The minimum atomic E-state index is -0.619. The van der Waals surface area contributed by atoms with E-state index in [2.05, 4.69) is 0 Å². The summed E-state index contributed by atoms with van der Waals surface area (Å²) in [5, 5.41) is 0. The molecule has 0 N–H and O–H groups in total. The summed E-state index contributed by atoms with van der Waals surface area (Å²) in [7, 11) is 0. The van der Waals surface area contributed by atoms with E-state index < -0.39 is 6.10 Å². The highest BCUT2D eigenvalue weighted by molar-refractivity contribution is 5.98. The molecule has 0 radical (unpaired) electrons. The first-order valence-electron chi connectivity index (χ1n) is 7.15. The Balaban J connectivity index is 2.15. The third-order valence-corrected chi connectivity index (χ3v) is 3.43. The van der Waals surface area contributed by atoms with Gasteiger partial charge in [0, 0.05) is 12.0 Å². The number of aryl methyl sites for hydroxylation is 1. The van der Waals surface area contributed by atoms with Crippen LogP contribution < -0.4 is 4.74 Å². The van der Waals surface area contributed by atoms with Crippen molar-refractivity contribution in [3.8, 4) is 5.75 Å². The number of rotatable bonds is 5. The maximum absolute atomic E-state index is 11.9. The van der Waals surface area contributed by atoms with E-state index in [0.717, 1.165) is 24.0 Å². The van der Waals surface area contributed by atoms with Crippen molar-refractivity contribution < 1.29 is 19.1 Å². The van der Waals surface area contributed by atoms with Crippen LogP contribution >= 0.6 is 0 Å². The molecule has 20 heavy (non-hydrogen) atoms. The van der Waals surface area contributed by atoms with Gasteiger partial charge in [-0.2, -0.15) is 0 Å². The number of Topliss-reactive ketones (excluding diaryl/α,β-unsaturated/α-hetero) is 1. The number of esters is 1. The Morgan fingerprint density at radius 2 is 2.10 bits per heavy atom. The average molecular weight is 276 g/mol. The van der Waals surface area contributed by atoms with Crippen LogP contribution in [0.3, 0.4) is 0 Å². The molecule has 0 spiro atoms. The second-order valence-electron chi connectivity index (χ2n) is 4.86. The molecule has 0 amide bonds. The highest BCUT2D eigenvalue weighted by Gasteiger charge is 2.22. The zero-order valence-corrected chi connectivity index (χ0v) is 12.0. The highest BCUT2D eigenvalue weighted by atomic mass is 16.6. The van der Waals surface area contributed by atoms with Gasteiger partial charge in [-0.1, -0.05) is 13.0 Å². The molecular weight excluding hydrogens is 256 g/mol. The summed E-state index contributed by atoms with van der Waals surface area (Å²) < 4.78 is 10.6. The van der Waals surface area contributed by atoms with Crippen LogP contribution in [0, 0.1) is 0 Å². The molecule has 0 fully saturated rings. The van der Waals surface area contributed by atoms with Crippen LogP contribution in [0.1, 0.15) is 49.0 Å². The molecule has 4 nitrogen and oxygen atoms in total. The molecular formula is C16H20O4. The number of hydrogen-bond donors (Lipinski definition) is 0. The monoisotopic (exact) mass is 276 g/mol. The molecule has 0 saturated heterocycles. The summed E-state index contributed by atoms with van der Waals surface area (Å²) in [6, 6.07) is 5.48. The lowest BCUT2D eigenvalue weighted by atomic mass is 9.90. The van der Waals surface area contributed by atoms with E-state index in [4.69, 9.17) is 9.47 Å². The van der Waals surface area contributed by atoms with E-state index >= 15 is 0 Å². The van der Waals surface area contributed by atoms with Crippen molar-refractivity contribution in [2.45, 2.75) is 45.6 Å². The van der Waals surface area contributed by atoms with Crippen molar-refractivity contribution in [3.05, 3.63) is 29.3 Å². The maximum atomic E-state index is 11.9. The smallest absolute Gasteiger partial charge is 0.347 e.